The van der Waals surface area contributed by atoms with E-state index in [0.717, 1.165) is 0 Å². The van der Waals surface area contributed by atoms with Gasteiger partial charge in [-0.2, -0.15) is 0 Å². The Bertz CT molecular complexity index is 574. The number of hydrogen-bond donors (Lipinski definition) is 4. The van der Waals surface area contributed by atoms with Crippen LogP contribution in [0.1, 0.15) is 0 Å². The lowest BCUT2D eigenvalue weighted by molar-refractivity contribution is 0.199. The van der Waals surface area contributed by atoms with E-state index in [1.807, 2.05) is 0 Å². The lowest BCUT2D eigenvalue weighted by atomic mass is 10.2. The Kier molecular flexibility index (Phi) is 8.29. The molecule has 0 aromatic heterocycles. The second-order valence-corrected chi connectivity index (χ2v) is 5.25. The Balaban J connectivity index is 2.61. The van der Waals surface area contributed by atoms with Gasteiger partial charge >= 0.3 is 22.7 Å². The first-order valence-corrected chi connectivity index (χ1v) is 7.82. The van der Waals surface area contributed by atoms with Crippen molar-refractivity contribution in [1.82, 2.24) is 9.44 Å². The molecule has 0 radical (unpaired) electrons. The molecule has 0 saturated carbocycles. The summed E-state index contributed by atoms with van der Waals surface area (Å²) in [6, 6.07) is 4.95. The van der Waals surface area contributed by atoms with E-state index >= 15 is 0 Å². The molecule has 130 valence electrons. The molecule has 1 rings (SSSR count). The van der Waals surface area contributed by atoms with Crippen LogP contribution in [0.25, 0.3) is 0 Å². The molecule has 4 N–H and O–H groups in total. The molecule has 1 aromatic rings. The molecule has 0 bridgehead atoms. The number of nitrogens with one attached hydrogen (secondary N) is 4. The number of carbonyl (C=O) groups excluding carboxylic acids is 4. The zero-order chi connectivity index (χ0) is 17.9. The molecule has 0 unspecified atom stereocenters. The first kappa shape index (κ1) is 19.4. The Labute approximate surface area is 145 Å². The molecule has 0 atom stereocenters. The maximum absolute atomic E-state index is 11.7. The lowest BCUT2D eigenvalue weighted by Gasteiger charge is -2.12. The molecule has 12 heteroatoms. The van der Waals surface area contributed by atoms with Gasteiger partial charge in [0.15, 0.2) is 0 Å². The summed E-state index contributed by atoms with van der Waals surface area (Å²) in [7, 11) is 2.36. The highest BCUT2D eigenvalue weighted by Gasteiger charge is 2.12. The third-order valence-electron chi connectivity index (χ3n) is 2.21. The van der Waals surface area contributed by atoms with E-state index in [4.69, 9.17) is 0 Å². The summed E-state index contributed by atoms with van der Waals surface area (Å²) in [6.07, 6.45) is 0. The summed E-state index contributed by atoms with van der Waals surface area (Å²) in [4.78, 5) is 45.2. The van der Waals surface area contributed by atoms with Crippen LogP contribution < -0.4 is 20.1 Å². The predicted octanol–water partition coefficient (Wildman–Crippen LogP) is 2.76. The van der Waals surface area contributed by atoms with Crippen molar-refractivity contribution in [1.29, 1.82) is 0 Å². The van der Waals surface area contributed by atoms with Crippen molar-refractivity contribution in [2.75, 3.05) is 24.9 Å². The maximum Gasteiger partial charge on any atom is 0.387 e. The normalized spacial score (nSPS) is 9.42. The predicted molar refractivity (Wildman–Crippen MR) is 90.7 cm³/mol. The van der Waals surface area contributed by atoms with Gasteiger partial charge in [0.05, 0.1) is 49.5 Å². The van der Waals surface area contributed by atoms with Crippen molar-refractivity contribution in [3.05, 3.63) is 24.3 Å². The molecule has 4 amide bonds. The monoisotopic (exact) mass is 374 g/mol. The second-order valence-electron chi connectivity index (χ2n) is 3.77. The van der Waals surface area contributed by atoms with Crippen LogP contribution in [-0.2, 0) is 9.47 Å². The number of amides is 4. The van der Waals surface area contributed by atoms with Crippen molar-refractivity contribution in [2.24, 2.45) is 0 Å². The van der Waals surface area contributed by atoms with Crippen molar-refractivity contribution in [2.45, 2.75) is 0 Å². The van der Waals surface area contributed by atoms with E-state index in [-0.39, 0.29) is 11.4 Å². The molecule has 1 aromatic carbocycles. The lowest BCUT2D eigenvalue weighted by Crippen LogP contribution is -2.27. The summed E-state index contributed by atoms with van der Waals surface area (Å²) < 4.78 is 13.1. The Hall–Kier alpha value is -2.60. The zero-order valence-corrected chi connectivity index (χ0v) is 14.2. The number of urea groups is 2. The van der Waals surface area contributed by atoms with Gasteiger partial charge in [-0.3, -0.25) is 9.44 Å². The van der Waals surface area contributed by atoms with Gasteiger partial charge in [-0.1, -0.05) is 12.1 Å². The first-order valence-electron chi connectivity index (χ1n) is 6.19. The molecule has 0 heterocycles. The minimum Gasteiger partial charge on any atom is -0.460 e. The highest BCUT2D eigenvalue weighted by molar-refractivity contribution is 8.12. The number of para-hydroxylation sites is 2. The van der Waals surface area contributed by atoms with E-state index in [9.17, 15) is 19.2 Å². The van der Waals surface area contributed by atoms with E-state index < -0.39 is 22.7 Å². The number of carbonyl (C=O) groups is 4. The van der Waals surface area contributed by atoms with Gasteiger partial charge in [0.1, 0.15) is 0 Å². The molecular formula is C12H14N4O6S2. The van der Waals surface area contributed by atoms with E-state index in [1.165, 1.54) is 26.4 Å². The van der Waals surface area contributed by atoms with Gasteiger partial charge in [0.2, 0.25) is 0 Å². The van der Waals surface area contributed by atoms with Gasteiger partial charge in [0, 0.05) is 0 Å². The van der Waals surface area contributed by atoms with Gasteiger partial charge in [-0.15, -0.1) is 0 Å². The summed E-state index contributed by atoms with van der Waals surface area (Å²) >= 11 is 0.920. The average Bonchev–Trinajstić information content (AvgIpc) is 2.59. The van der Waals surface area contributed by atoms with Crippen molar-refractivity contribution in [3.8, 4) is 0 Å². The summed E-state index contributed by atoms with van der Waals surface area (Å²) in [5.41, 5.74) is 0.553. The van der Waals surface area contributed by atoms with Crippen molar-refractivity contribution < 1.29 is 28.7 Å². The van der Waals surface area contributed by atoms with Crippen LogP contribution in [0.3, 0.4) is 0 Å². The Morgan fingerprint density at radius 1 is 0.792 bits per heavy atom. The zero-order valence-electron chi connectivity index (χ0n) is 12.6. The topological polar surface area (TPSA) is 135 Å². The molecule has 0 saturated heterocycles. The fourth-order valence-corrected chi connectivity index (χ4v) is 1.88. The highest BCUT2D eigenvalue weighted by Crippen LogP contribution is 2.21. The highest BCUT2D eigenvalue weighted by atomic mass is 32.2. The van der Waals surface area contributed by atoms with Crippen LogP contribution in [0.15, 0.2) is 24.3 Å². The summed E-state index contributed by atoms with van der Waals surface area (Å²) in [5.74, 6) is 0. The smallest absolute Gasteiger partial charge is 0.387 e. The molecule has 0 aliphatic heterocycles. The number of hydrogen-bond acceptors (Lipinski definition) is 8. The third-order valence-corrected chi connectivity index (χ3v) is 3.45. The van der Waals surface area contributed by atoms with Crippen LogP contribution in [0, 0.1) is 0 Å². The first-order chi connectivity index (χ1) is 11.5. The van der Waals surface area contributed by atoms with Gasteiger partial charge in [0.25, 0.3) is 0 Å². The standard InChI is InChI=1S/C12H14N4O6S2/c1-21-11(19)23-15-9(17)13-7-5-3-4-6-8(7)14-10(18)16-24-12(20)22-2/h3-6H,1-2H3,(H2,13,15,17)(H2,14,16,18). The van der Waals surface area contributed by atoms with Gasteiger partial charge in [-0.25, -0.2) is 19.2 Å². The minimum atomic E-state index is -0.691. The fraction of sp³-hybridized carbons (Fsp3) is 0.167. The quantitative estimate of drug-likeness (QED) is 0.458. The van der Waals surface area contributed by atoms with Gasteiger partial charge in [-0.05, 0) is 12.1 Å². The molecule has 0 fully saturated rings. The summed E-state index contributed by atoms with van der Waals surface area (Å²) in [5, 5.41) is 3.53. The molecular weight excluding hydrogens is 360 g/mol. The van der Waals surface area contributed by atoms with Crippen LogP contribution in [-0.4, -0.2) is 36.9 Å². The largest absolute Gasteiger partial charge is 0.460 e. The van der Waals surface area contributed by atoms with Crippen LogP contribution in [0.5, 0.6) is 0 Å². The average molecular weight is 374 g/mol. The van der Waals surface area contributed by atoms with E-state index in [1.54, 1.807) is 12.1 Å². The second kappa shape index (κ2) is 10.2. The molecule has 24 heavy (non-hydrogen) atoms. The van der Waals surface area contributed by atoms with Gasteiger partial charge < -0.3 is 20.1 Å². The Morgan fingerprint density at radius 3 is 1.50 bits per heavy atom. The third kappa shape index (κ3) is 7.11. The van der Waals surface area contributed by atoms with Crippen molar-refractivity contribution in [3.63, 3.8) is 0 Å². The number of rotatable bonds is 2. The molecule has 10 nitrogen and oxygen atoms in total. The fourth-order valence-electron chi connectivity index (χ4n) is 1.26. The van der Waals surface area contributed by atoms with Crippen LogP contribution in [0.4, 0.5) is 30.6 Å². The van der Waals surface area contributed by atoms with Crippen LogP contribution in [0.2, 0.25) is 0 Å². The van der Waals surface area contributed by atoms with Crippen LogP contribution >= 0.6 is 23.9 Å². The van der Waals surface area contributed by atoms with E-state index in [2.05, 4.69) is 29.6 Å². The number of ether oxygens (including phenoxy) is 2. The number of benzene rings is 1. The van der Waals surface area contributed by atoms with Crippen molar-refractivity contribution >= 4 is 57.9 Å². The Morgan fingerprint density at radius 2 is 1.17 bits per heavy atom. The number of methoxy groups -OCH3 is 2. The minimum absolute atomic E-state index is 0.277. The van der Waals surface area contributed by atoms with E-state index in [0.29, 0.717) is 23.9 Å². The summed E-state index contributed by atoms with van der Waals surface area (Å²) in [6.45, 7) is 0. The SMILES string of the molecule is COC(=O)SNC(=O)Nc1ccccc1NC(=O)NSC(=O)OC. The maximum atomic E-state index is 11.7. The number of anilines is 2. The molecule has 0 aliphatic rings. The molecule has 0 spiro atoms. The molecule has 0 aliphatic carbocycles.